The Labute approximate surface area is 223 Å². The molecule has 2 amide bonds. The number of aromatic carboxylic acids is 1. The van der Waals surface area contributed by atoms with E-state index in [0.29, 0.717) is 13.0 Å². The van der Waals surface area contributed by atoms with Crippen LogP contribution in [0.1, 0.15) is 53.5 Å². The molecule has 37 heavy (non-hydrogen) atoms. The molecule has 1 saturated heterocycles. The first-order valence-corrected chi connectivity index (χ1v) is 12.7. The molecule has 3 N–H and O–H groups in total. The predicted octanol–water partition coefficient (Wildman–Crippen LogP) is 4.45. The Kier molecular flexibility index (Phi) is 8.63. The summed E-state index contributed by atoms with van der Waals surface area (Å²) >= 11 is 3.42. The van der Waals surface area contributed by atoms with Crippen LogP contribution in [0.4, 0.5) is 4.79 Å². The Balaban J connectivity index is 1.92. The maximum Gasteiger partial charge on any atom is 0.410 e. The van der Waals surface area contributed by atoms with Gasteiger partial charge >= 0.3 is 18.0 Å². The van der Waals surface area contributed by atoms with E-state index in [4.69, 9.17) is 4.74 Å². The van der Waals surface area contributed by atoms with E-state index in [1.54, 1.807) is 32.9 Å². The number of hydrogen-bond acceptors (Lipinski definition) is 5. The van der Waals surface area contributed by atoms with Gasteiger partial charge in [0, 0.05) is 24.1 Å². The summed E-state index contributed by atoms with van der Waals surface area (Å²) in [6, 6.07) is 13.0. The molecule has 1 fully saturated rings. The van der Waals surface area contributed by atoms with Crippen LogP contribution in [0.2, 0.25) is 0 Å². The second-order valence-corrected chi connectivity index (χ2v) is 11.1. The van der Waals surface area contributed by atoms with Crippen molar-refractivity contribution in [3.63, 3.8) is 0 Å². The fourth-order valence-corrected chi connectivity index (χ4v) is 5.04. The third kappa shape index (κ3) is 6.88. The van der Waals surface area contributed by atoms with E-state index in [9.17, 15) is 29.4 Å². The summed E-state index contributed by atoms with van der Waals surface area (Å²) in [7, 11) is 0. The van der Waals surface area contributed by atoms with Crippen LogP contribution in [-0.4, -0.2) is 64.3 Å². The van der Waals surface area contributed by atoms with Crippen LogP contribution < -0.4 is 5.32 Å². The smallest absolute Gasteiger partial charge is 0.410 e. The highest BCUT2D eigenvalue weighted by molar-refractivity contribution is 9.10. The van der Waals surface area contributed by atoms with Gasteiger partial charge in [-0.15, -0.1) is 0 Å². The number of nitrogens with one attached hydrogen (secondary N) is 1. The zero-order valence-electron chi connectivity index (χ0n) is 21.0. The fourth-order valence-electron chi connectivity index (χ4n) is 4.59. The topological polar surface area (TPSA) is 133 Å². The maximum absolute atomic E-state index is 13.0. The summed E-state index contributed by atoms with van der Waals surface area (Å²) in [4.78, 5) is 51.7. The maximum atomic E-state index is 13.0. The molecular formula is C27H31BrN2O7. The molecule has 1 aliphatic rings. The lowest BCUT2D eigenvalue weighted by atomic mass is 9.70. The highest BCUT2D eigenvalue weighted by atomic mass is 79.9. The lowest BCUT2D eigenvalue weighted by Gasteiger charge is -2.36. The normalized spacial score (nSPS) is 17.1. The summed E-state index contributed by atoms with van der Waals surface area (Å²) < 4.78 is 6.26. The summed E-state index contributed by atoms with van der Waals surface area (Å²) in [6.07, 6.45) is -0.0208. The van der Waals surface area contributed by atoms with Gasteiger partial charge in [-0.3, -0.25) is 9.59 Å². The van der Waals surface area contributed by atoms with Crippen LogP contribution in [0.5, 0.6) is 0 Å². The van der Waals surface area contributed by atoms with E-state index in [1.165, 1.54) is 23.1 Å². The van der Waals surface area contributed by atoms with Crippen LogP contribution >= 0.6 is 15.9 Å². The van der Waals surface area contributed by atoms with Gasteiger partial charge in [-0.1, -0.05) is 40.2 Å². The predicted molar refractivity (Wildman–Crippen MR) is 140 cm³/mol. The zero-order valence-corrected chi connectivity index (χ0v) is 22.6. The molecule has 198 valence electrons. The SMILES string of the molecule is CC(C)(C)OC(=O)N1CC[C@H](C(CNC(=O)c2ccccc2C(=O)O)(Cc2cccc(Br)c2)C(=O)O)C1. The second-order valence-electron chi connectivity index (χ2n) is 10.2. The standard InChI is InChI=1S/C27H31BrN2O7/c1-26(2,3)37-25(36)30-12-11-18(15-30)27(24(34)35,14-17-7-6-8-19(28)13-17)16-29-22(31)20-9-4-5-10-21(20)23(32)33/h4-10,13,18H,11-12,14-16H2,1-3H3,(H,29,31)(H,32,33)(H,34,35)/t18-,27?/m0/s1. The highest BCUT2D eigenvalue weighted by Gasteiger charge is 2.50. The lowest BCUT2D eigenvalue weighted by Crippen LogP contribution is -2.51. The number of halogens is 1. The molecule has 10 heteroatoms. The minimum Gasteiger partial charge on any atom is -0.481 e. The van der Waals surface area contributed by atoms with Gasteiger partial charge in [0.25, 0.3) is 5.91 Å². The molecule has 3 rings (SSSR count). The van der Waals surface area contributed by atoms with Gasteiger partial charge in [-0.25, -0.2) is 9.59 Å². The van der Waals surface area contributed by atoms with E-state index < -0.39 is 40.9 Å². The Morgan fingerprint density at radius 3 is 2.32 bits per heavy atom. The van der Waals surface area contributed by atoms with Crippen molar-refractivity contribution >= 4 is 39.9 Å². The quantitative estimate of drug-likeness (QED) is 0.424. The molecule has 1 aliphatic heterocycles. The number of benzene rings is 2. The van der Waals surface area contributed by atoms with Crippen LogP contribution in [0.25, 0.3) is 0 Å². The molecule has 0 radical (unpaired) electrons. The summed E-state index contributed by atoms with van der Waals surface area (Å²) in [6.45, 7) is 5.50. The van der Waals surface area contributed by atoms with Gasteiger partial charge < -0.3 is 25.2 Å². The van der Waals surface area contributed by atoms with Gasteiger partial charge in [-0.05, 0) is 69.4 Å². The zero-order chi connectivity index (χ0) is 27.4. The van der Waals surface area contributed by atoms with Gasteiger partial charge in [-0.2, -0.15) is 0 Å². The van der Waals surface area contributed by atoms with E-state index in [-0.39, 0.29) is 30.6 Å². The largest absolute Gasteiger partial charge is 0.481 e. The fraction of sp³-hybridized carbons (Fsp3) is 0.407. The lowest BCUT2D eigenvalue weighted by molar-refractivity contribution is -0.152. The van der Waals surface area contributed by atoms with E-state index in [2.05, 4.69) is 21.2 Å². The molecule has 0 saturated carbocycles. The van der Waals surface area contributed by atoms with Crippen molar-refractivity contribution in [2.45, 2.75) is 39.2 Å². The van der Waals surface area contributed by atoms with Crippen molar-refractivity contribution in [3.8, 4) is 0 Å². The van der Waals surface area contributed by atoms with Crippen LogP contribution in [0.15, 0.2) is 53.0 Å². The number of amides is 2. The Hall–Kier alpha value is -3.40. The van der Waals surface area contributed by atoms with E-state index >= 15 is 0 Å². The summed E-state index contributed by atoms with van der Waals surface area (Å²) in [5, 5.41) is 22.7. The molecule has 1 heterocycles. The van der Waals surface area contributed by atoms with E-state index in [0.717, 1.165) is 10.0 Å². The number of carboxylic acids is 2. The molecule has 1 unspecified atom stereocenters. The Bertz CT molecular complexity index is 1190. The van der Waals surface area contributed by atoms with Crippen molar-refractivity contribution in [3.05, 3.63) is 69.7 Å². The Morgan fingerprint density at radius 1 is 1.05 bits per heavy atom. The molecule has 2 atom stereocenters. The number of rotatable bonds is 8. The molecule has 9 nitrogen and oxygen atoms in total. The first-order chi connectivity index (χ1) is 17.3. The third-order valence-electron chi connectivity index (χ3n) is 6.42. The van der Waals surface area contributed by atoms with Crippen LogP contribution in [-0.2, 0) is 16.0 Å². The molecule has 0 aliphatic carbocycles. The minimum atomic E-state index is -1.47. The number of carbonyl (C=O) groups is 4. The molecule has 2 aromatic rings. The van der Waals surface area contributed by atoms with E-state index in [1.807, 2.05) is 18.2 Å². The molecule has 0 spiro atoms. The molecular weight excluding hydrogens is 544 g/mol. The van der Waals surface area contributed by atoms with Crippen LogP contribution in [0.3, 0.4) is 0 Å². The highest BCUT2D eigenvalue weighted by Crippen LogP contribution is 2.39. The number of nitrogens with zero attached hydrogens (tertiary/aromatic N) is 1. The average molecular weight is 575 g/mol. The second kappa shape index (κ2) is 11.3. The molecule has 0 aromatic heterocycles. The number of carboxylic acid groups (broad SMARTS) is 2. The average Bonchev–Trinajstić information content (AvgIpc) is 3.31. The van der Waals surface area contributed by atoms with Gasteiger partial charge in [0.2, 0.25) is 0 Å². The number of ether oxygens (including phenoxy) is 1. The number of hydrogen-bond donors (Lipinski definition) is 3. The number of likely N-dealkylation sites (tertiary alicyclic amines) is 1. The third-order valence-corrected chi connectivity index (χ3v) is 6.92. The minimum absolute atomic E-state index is 0.0569. The summed E-state index contributed by atoms with van der Waals surface area (Å²) in [5.74, 6) is -3.55. The van der Waals surface area contributed by atoms with Crippen LogP contribution in [0, 0.1) is 11.3 Å². The first-order valence-electron chi connectivity index (χ1n) is 11.9. The van der Waals surface area contributed by atoms with Gasteiger partial charge in [0.15, 0.2) is 0 Å². The first kappa shape index (κ1) is 28.2. The van der Waals surface area contributed by atoms with Gasteiger partial charge in [0.1, 0.15) is 5.60 Å². The Morgan fingerprint density at radius 2 is 1.73 bits per heavy atom. The monoisotopic (exact) mass is 574 g/mol. The molecule has 2 aromatic carbocycles. The summed E-state index contributed by atoms with van der Waals surface area (Å²) in [5.41, 5.74) is -1.65. The van der Waals surface area contributed by atoms with Crippen molar-refractivity contribution in [1.82, 2.24) is 10.2 Å². The molecule has 0 bridgehead atoms. The van der Waals surface area contributed by atoms with Gasteiger partial charge in [0.05, 0.1) is 16.5 Å². The van der Waals surface area contributed by atoms with Crippen molar-refractivity contribution in [1.29, 1.82) is 0 Å². The van der Waals surface area contributed by atoms with Crippen molar-refractivity contribution < 1.29 is 34.1 Å². The van der Waals surface area contributed by atoms with Crippen molar-refractivity contribution in [2.75, 3.05) is 19.6 Å². The van der Waals surface area contributed by atoms with Crippen molar-refractivity contribution in [2.24, 2.45) is 11.3 Å². The number of aliphatic carboxylic acids is 1. The number of carbonyl (C=O) groups excluding carboxylic acids is 2.